The highest BCUT2D eigenvalue weighted by molar-refractivity contribution is 5.92. The van der Waals surface area contributed by atoms with E-state index in [1.165, 1.54) is 5.56 Å². The van der Waals surface area contributed by atoms with Crippen LogP contribution < -0.4 is 5.32 Å². The summed E-state index contributed by atoms with van der Waals surface area (Å²) in [5.41, 5.74) is 2.01. The second-order valence-corrected chi connectivity index (χ2v) is 5.58. The van der Waals surface area contributed by atoms with Crippen molar-refractivity contribution in [2.45, 2.75) is 26.7 Å². The van der Waals surface area contributed by atoms with Crippen LogP contribution in [0.2, 0.25) is 0 Å². The smallest absolute Gasteiger partial charge is 0.238 e. The zero-order valence-electron chi connectivity index (χ0n) is 12.2. The first-order valence-electron chi connectivity index (χ1n) is 7.14. The van der Waals surface area contributed by atoms with Gasteiger partial charge in [-0.15, -0.1) is 0 Å². The van der Waals surface area contributed by atoms with Crippen LogP contribution in [0.3, 0.4) is 0 Å². The molecule has 1 aromatic rings. The van der Waals surface area contributed by atoms with E-state index in [1.54, 1.807) is 6.92 Å². The predicted octanol–water partition coefficient (Wildman–Crippen LogP) is 2.23. The summed E-state index contributed by atoms with van der Waals surface area (Å²) in [6.07, 6.45) is 1.74. The van der Waals surface area contributed by atoms with Crippen LogP contribution in [-0.4, -0.2) is 36.2 Å². The summed E-state index contributed by atoms with van der Waals surface area (Å²) in [4.78, 5) is 25.4. The van der Waals surface area contributed by atoms with Crippen molar-refractivity contribution in [3.05, 3.63) is 29.8 Å². The fourth-order valence-electron chi connectivity index (χ4n) is 2.54. The Kier molecular flexibility index (Phi) is 4.90. The summed E-state index contributed by atoms with van der Waals surface area (Å²) >= 11 is 0. The van der Waals surface area contributed by atoms with Gasteiger partial charge in [0.15, 0.2) is 0 Å². The lowest BCUT2D eigenvalue weighted by atomic mass is 9.93. The third-order valence-corrected chi connectivity index (χ3v) is 3.87. The molecule has 0 radical (unpaired) electrons. The van der Waals surface area contributed by atoms with Crippen LogP contribution in [0.4, 0.5) is 5.69 Å². The van der Waals surface area contributed by atoms with E-state index in [0.717, 1.165) is 31.6 Å². The van der Waals surface area contributed by atoms with Crippen LogP contribution in [0.5, 0.6) is 0 Å². The number of hydrogen-bond acceptors (Lipinski definition) is 3. The number of likely N-dealkylation sites (tertiary alicyclic amines) is 1. The van der Waals surface area contributed by atoms with E-state index in [2.05, 4.69) is 10.2 Å². The van der Waals surface area contributed by atoms with Gasteiger partial charge in [0.2, 0.25) is 5.91 Å². The molecule has 1 aromatic carbocycles. The van der Waals surface area contributed by atoms with Crippen molar-refractivity contribution in [1.29, 1.82) is 0 Å². The van der Waals surface area contributed by atoms with Crippen LogP contribution in [0.1, 0.15) is 25.3 Å². The van der Waals surface area contributed by atoms with Crippen LogP contribution in [0.15, 0.2) is 24.3 Å². The summed E-state index contributed by atoms with van der Waals surface area (Å²) in [5.74, 6) is 0.468. The minimum absolute atomic E-state index is 0.00938. The molecule has 0 aliphatic carbocycles. The Morgan fingerprint density at radius 2 is 1.80 bits per heavy atom. The van der Waals surface area contributed by atoms with Crippen LogP contribution in [-0.2, 0) is 9.59 Å². The number of aryl methyl sites for hydroxylation is 1. The van der Waals surface area contributed by atoms with Crippen molar-refractivity contribution in [3.63, 3.8) is 0 Å². The zero-order chi connectivity index (χ0) is 14.5. The van der Waals surface area contributed by atoms with E-state index in [1.807, 2.05) is 31.2 Å². The molecule has 0 bridgehead atoms. The molecule has 0 spiro atoms. The monoisotopic (exact) mass is 274 g/mol. The standard InChI is InChI=1S/C16H22N2O2/c1-12-3-5-15(6-4-12)17-16(20)11-18-9-7-14(8-10-18)13(2)19/h3-6,14H,7-11H2,1-2H3,(H,17,20). The Balaban J connectivity index is 1.78. The molecular formula is C16H22N2O2. The SMILES string of the molecule is CC(=O)C1CCN(CC(=O)Nc2ccc(C)cc2)CC1. The Morgan fingerprint density at radius 3 is 2.35 bits per heavy atom. The summed E-state index contributed by atoms with van der Waals surface area (Å²) < 4.78 is 0. The highest BCUT2D eigenvalue weighted by Gasteiger charge is 2.23. The molecule has 1 fully saturated rings. The number of hydrogen-bond donors (Lipinski definition) is 1. The fraction of sp³-hybridized carbons (Fsp3) is 0.500. The van der Waals surface area contributed by atoms with Gasteiger partial charge in [0.05, 0.1) is 6.54 Å². The summed E-state index contributed by atoms with van der Waals surface area (Å²) in [5, 5.41) is 2.90. The van der Waals surface area contributed by atoms with Gasteiger partial charge < -0.3 is 5.32 Å². The molecule has 4 nitrogen and oxygen atoms in total. The molecule has 0 atom stereocenters. The topological polar surface area (TPSA) is 49.4 Å². The van der Waals surface area contributed by atoms with Gasteiger partial charge in [-0.25, -0.2) is 0 Å². The third kappa shape index (κ3) is 4.17. The molecule has 1 aliphatic heterocycles. The Morgan fingerprint density at radius 1 is 1.20 bits per heavy atom. The first-order chi connectivity index (χ1) is 9.54. The quantitative estimate of drug-likeness (QED) is 0.916. The summed E-state index contributed by atoms with van der Waals surface area (Å²) in [6, 6.07) is 7.78. The molecule has 0 saturated carbocycles. The summed E-state index contributed by atoms with van der Waals surface area (Å²) in [6.45, 7) is 5.73. The van der Waals surface area contributed by atoms with Gasteiger partial charge in [-0.2, -0.15) is 0 Å². The average molecular weight is 274 g/mol. The minimum Gasteiger partial charge on any atom is -0.325 e. The van der Waals surface area contributed by atoms with E-state index in [4.69, 9.17) is 0 Å². The number of carbonyl (C=O) groups is 2. The molecule has 1 saturated heterocycles. The Hall–Kier alpha value is -1.68. The maximum absolute atomic E-state index is 12.0. The van der Waals surface area contributed by atoms with Gasteiger partial charge in [-0.3, -0.25) is 14.5 Å². The molecule has 2 rings (SSSR count). The molecule has 1 N–H and O–H groups in total. The number of benzene rings is 1. The predicted molar refractivity (Wildman–Crippen MR) is 79.7 cm³/mol. The number of amides is 1. The largest absolute Gasteiger partial charge is 0.325 e. The van der Waals surface area contributed by atoms with Crippen molar-refractivity contribution in [2.75, 3.05) is 25.0 Å². The molecule has 1 amide bonds. The number of ketones is 1. The maximum atomic E-state index is 12.0. The van der Waals surface area contributed by atoms with E-state index in [9.17, 15) is 9.59 Å². The van der Waals surface area contributed by atoms with Crippen molar-refractivity contribution < 1.29 is 9.59 Å². The molecule has 0 unspecified atom stereocenters. The lowest BCUT2D eigenvalue weighted by Gasteiger charge is -2.30. The van der Waals surface area contributed by atoms with Crippen molar-refractivity contribution >= 4 is 17.4 Å². The minimum atomic E-state index is 0.00938. The van der Waals surface area contributed by atoms with Crippen LogP contribution in [0, 0.1) is 12.8 Å². The van der Waals surface area contributed by atoms with Gasteiger partial charge in [0.25, 0.3) is 0 Å². The highest BCUT2D eigenvalue weighted by Crippen LogP contribution is 2.17. The lowest BCUT2D eigenvalue weighted by molar-refractivity contribution is -0.122. The maximum Gasteiger partial charge on any atom is 0.238 e. The fourth-order valence-corrected chi connectivity index (χ4v) is 2.54. The zero-order valence-corrected chi connectivity index (χ0v) is 12.2. The second kappa shape index (κ2) is 6.66. The molecule has 0 aromatic heterocycles. The highest BCUT2D eigenvalue weighted by atomic mass is 16.2. The molecule has 1 heterocycles. The first kappa shape index (κ1) is 14.7. The van der Waals surface area contributed by atoms with E-state index in [0.29, 0.717) is 6.54 Å². The van der Waals surface area contributed by atoms with Gasteiger partial charge in [-0.05, 0) is 51.9 Å². The van der Waals surface area contributed by atoms with Crippen LogP contribution >= 0.6 is 0 Å². The van der Waals surface area contributed by atoms with Crippen LogP contribution in [0.25, 0.3) is 0 Å². The van der Waals surface area contributed by atoms with Gasteiger partial charge in [0, 0.05) is 11.6 Å². The van der Waals surface area contributed by atoms with Crippen molar-refractivity contribution in [1.82, 2.24) is 4.90 Å². The lowest BCUT2D eigenvalue weighted by Crippen LogP contribution is -2.40. The average Bonchev–Trinajstić information content (AvgIpc) is 2.42. The molecule has 108 valence electrons. The number of carbonyl (C=O) groups excluding carboxylic acids is 2. The van der Waals surface area contributed by atoms with E-state index >= 15 is 0 Å². The van der Waals surface area contributed by atoms with Gasteiger partial charge in [0.1, 0.15) is 5.78 Å². The Bertz CT molecular complexity index is 474. The third-order valence-electron chi connectivity index (χ3n) is 3.87. The number of rotatable bonds is 4. The number of nitrogens with zero attached hydrogens (tertiary/aromatic N) is 1. The second-order valence-electron chi connectivity index (χ2n) is 5.58. The number of anilines is 1. The summed E-state index contributed by atoms with van der Waals surface area (Å²) in [7, 11) is 0. The number of Topliss-reactive ketones (excluding diaryl/α,β-unsaturated/α-hetero) is 1. The Labute approximate surface area is 120 Å². The van der Waals surface area contributed by atoms with E-state index < -0.39 is 0 Å². The van der Waals surface area contributed by atoms with Gasteiger partial charge in [-0.1, -0.05) is 17.7 Å². The van der Waals surface area contributed by atoms with Crippen molar-refractivity contribution in [2.24, 2.45) is 5.92 Å². The number of nitrogens with one attached hydrogen (secondary N) is 1. The van der Waals surface area contributed by atoms with Crippen molar-refractivity contribution in [3.8, 4) is 0 Å². The first-order valence-corrected chi connectivity index (χ1v) is 7.14. The molecule has 4 heteroatoms. The number of piperidine rings is 1. The van der Waals surface area contributed by atoms with E-state index in [-0.39, 0.29) is 17.6 Å². The molecular weight excluding hydrogens is 252 g/mol. The normalized spacial score (nSPS) is 16.9. The van der Waals surface area contributed by atoms with Gasteiger partial charge >= 0.3 is 0 Å². The molecule has 20 heavy (non-hydrogen) atoms. The molecule has 1 aliphatic rings.